The lowest BCUT2D eigenvalue weighted by molar-refractivity contribution is -0.121. The molecule has 0 saturated heterocycles. The van der Waals surface area contributed by atoms with Crippen LogP contribution < -0.4 is 27.2 Å². The third kappa shape index (κ3) is 9.12. The van der Waals surface area contributed by atoms with Crippen molar-refractivity contribution in [2.45, 2.75) is 48.6 Å². The maximum atomic E-state index is 13.2. The van der Waals surface area contributed by atoms with Crippen LogP contribution >= 0.6 is 0 Å². The number of hydrogen-bond donors (Lipinski definition) is 8. The van der Waals surface area contributed by atoms with Crippen molar-refractivity contribution in [3.63, 3.8) is 0 Å². The van der Waals surface area contributed by atoms with Gasteiger partial charge in [0.05, 0.1) is 16.6 Å². The Balaban J connectivity index is 1.14. The number of unbranched alkanes of at least 4 members (excludes halogenated alkanes) is 2. The number of para-hydroxylation sites is 1. The number of nitrogens with one attached hydrogen (secondary N) is 4. The van der Waals surface area contributed by atoms with Crippen LogP contribution in [0.3, 0.4) is 0 Å². The van der Waals surface area contributed by atoms with Gasteiger partial charge in [-0.25, -0.2) is 10.3 Å². The smallest absolute Gasteiger partial charge is 0.336 e. The normalized spacial score (nSPS) is 12.0. The molecule has 3 aromatic carbocycles. The molecule has 2 heterocycles. The Kier molecular flexibility index (Phi) is 12.5. The second-order valence-corrected chi connectivity index (χ2v) is 16.1. The summed E-state index contributed by atoms with van der Waals surface area (Å²) < 4.78 is 77.6. The van der Waals surface area contributed by atoms with E-state index in [1.54, 1.807) is 7.05 Å². The first-order chi connectivity index (χ1) is 28.0. The molecule has 0 saturated carbocycles. The van der Waals surface area contributed by atoms with Gasteiger partial charge in [0.2, 0.25) is 5.91 Å². The fourth-order valence-corrected chi connectivity index (χ4v) is 8.42. The summed E-state index contributed by atoms with van der Waals surface area (Å²) in [6.45, 7) is 1.48. The number of aryl methyl sites for hydroxylation is 1. The van der Waals surface area contributed by atoms with Crippen molar-refractivity contribution < 1.29 is 54.7 Å². The summed E-state index contributed by atoms with van der Waals surface area (Å²) in [6, 6.07) is 18.2. The van der Waals surface area contributed by atoms with E-state index in [-0.39, 0.29) is 46.5 Å². The average Bonchev–Trinajstić information content (AvgIpc) is 3.53. The molecule has 9 N–H and O–H groups in total. The van der Waals surface area contributed by atoms with E-state index in [4.69, 9.17) is 20.4 Å². The minimum Gasteiger partial charge on any atom is -0.478 e. The average molecular weight is 849 g/mol. The topological polar surface area (TPSA) is 293 Å². The number of hydroxylamine groups is 1. The number of amides is 2. The lowest BCUT2D eigenvalue weighted by Gasteiger charge is -2.20. The van der Waals surface area contributed by atoms with E-state index in [0.29, 0.717) is 39.0 Å². The Morgan fingerprint density at radius 3 is 2.25 bits per heavy atom. The minimum atomic E-state index is -5.19. The number of carboxylic acids is 1. The Hall–Kier alpha value is -6.16. The SMILES string of the molecule is CNOCc1cc2ccccc2n1CCC(=O)NCCCCCNC(=O)c1ccc(-c2c3ccc(=N)c(S(=O)(=O)O)c-3oc3c(S(=O)(=O)O)c(N)ccc23)c(C(=O)O)c1. The van der Waals surface area contributed by atoms with Crippen molar-refractivity contribution >= 4 is 65.6 Å². The van der Waals surface area contributed by atoms with Crippen LogP contribution in [0.25, 0.3) is 44.3 Å². The highest BCUT2D eigenvalue weighted by molar-refractivity contribution is 7.86. The van der Waals surface area contributed by atoms with Crippen LogP contribution in [-0.4, -0.2) is 73.5 Å². The molecule has 20 heteroatoms. The van der Waals surface area contributed by atoms with Gasteiger partial charge >= 0.3 is 5.97 Å². The van der Waals surface area contributed by atoms with Crippen molar-refractivity contribution in [2.75, 3.05) is 25.9 Å². The van der Waals surface area contributed by atoms with Gasteiger partial charge in [-0.2, -0.15) is 16.8 Å². The number of fused-ring (bicyclic) bond motifs is 3. The van der Waals surface area contributed by atoms with Crippen LogP contribution in [0.5, 0.6) is 0 Å². The van der Waals surface area contributed by atoms with Crippen molar-refractivity contribution in [2.24, 2.45) is 0 Å². The zero-order valence-electron chi connectivity index (χ0n) is 31.4. The number of anilines is 1. The molecule has 1 aliphatic heterocycles. The van der Waals surface area contributed by atoms with Crippen LogP contribution in [0.4, 0.5) is 5.69 Å². The second kappa shape index (κ2) is 17.4. The van der Waals surface area contributed by atoms with E-state index in [1.807, 2.05) is 30.3 Å². The fraction of sp³-hybridized carbons (Fsp3) is 0.231. The van der Waals surface area contributed by atoms with Crippen LogP contribution in [0.15, 0.2) is 87.0 Å². The van der Waals surface area contributed by atoms with E-state index in [9.17, 15) is 45.4 Å². The highest BCUT2D eigenvalue weighted by Crippen LogP contribution is 2.45. The van der Waals surface area contributed by atoms with Gasteiger partial charge in [-0.1, -0.05) is 24.3 Å². The van der Waals surface area contributed by atoms with Crippen LogP contribution in [0, 0.1) is 5.41 Å². The number of hydrogen-bond acceptors (Lipinski definition) is 12. The van der Waals surface area contributed by atoms with Gasteiger partial charge in [-0.15, -0.1) is 0 Å². The van der Waals surface area contributed by atoms with Gasteiger partial charge in [-0.3, -0.25) is 28.9 Å². The Morgan fingerprint density at radius 1 is 0.864 bits per heavy atom. The lowest BCUT2D eigenvalue weighted by atomic mass is 9.89. The number of nitrogen functional groups attached to an aromatic ring is 1. The second-order valence-electron chi connectivity index (χ2n) is 13.4. The monoisotopic (exact) mass is 848 g/mol. The standard InChI is InChI=1S/C39H40N6O12S2/c1-42-56-21-24-19-22-7-3-4-8-31(22)45(24)18-15-32(46)43-16-5-2-6-17-44-38(47)23-9-10-25(28(20-23)39(48)49)33-26-11-13-29(40)36(58(50,51)52)34(26)57-35-27(33)12-14-30(41)37(35)59(53,54)55/h3-4,7-14,19-20,40,42H,2,5-6,15-18,21,41H2,1H3,(H,43,46)(H,44,47)(H,48,49)(H,50,51,52)(H,53,54,55). The number of aromatic carboxylic acids is 1. The molecule has 18 nitrogen and oxygen atoms in total. The van der Waals surface area contributed by atoms with Gasteiger partial charge in [0, 0.05) is 66.4 Å². The van der Waals surface area contributed by atoms with Gasteiger partial charge in [0.25, 0.3) is 26.1 Å². The zero-order chi connectivity index (χ0) is 42.6. The van der Waals surface area contributed by atoms with Crippen molar-refractivity contribution in [3.05, 3.63) is 95.0 Å². The summed E-state index contributed by atoms with van der Waals surface area (Å²) in [4.78, 5) is 41.9. The Bertz CT molecular complexity index is 2870. The van der Waals surface area contributed by atoms with E-state index in [2.05, 4.69) is 20.7 Å². The molecule has 0 spiro atoms. The molecule has 2 aliphatic rings. The molecular weight excluding hydrogens is 809 g/mol. The molecule has 4 aromatic rings. The number of benzene rings is 4. The van der Waals surface area contributed by atoms with E-state index in [0.717, 1.165) is 34.8 Å². The number of rotatable bonds is 17. The number of carboxylic acid groups (broad SMARTS) is 1. The Labute approximate surface area is 337 Å². The summed E-state index contributed by atoms with van der Waals surface area (Å²) in [5, 5.41) is 24.3. The van der Waals surface area contributed by atoms with Crippen molar-refractivity contribution in [1.82, 2.24) is 20.7 Å². The summed E-state index contributed by atoms with van der Waals surface area (Å²) in [6.07, 6.45) is 2.12. The van der Waals surface area contributed by atoms with Gasteiger partial charge in [0.15, 0.2) is 21.1 Å². The summed E-state index contributed by atoms with van der Waals surface area (Å²) in [5.74, 6) is -2.94. The molecule has 6 rings (SSSR count). The number of carbonyl (C=O) groups is 3. The predicted octanol–water partition coefficient (Wildman–Crippen LogP) is 4.17. The van der Waals surface area contributed by atoms with Gasteiger partial charge < -0.3 is 30.5 Å². The largest absolute Gasteiger partial charge is 0.478 e. The van der Waals surface area contributed by atoms with Crippen molar-refractivity contribution in [3.8, 4) is 22.5 Å². The molecule has 0 unspecified atom stereocenters. The highest BCUT2D eigenvalue weighted by atomic mass is 32.2. The maximum Gasteiger partial charge on any atom is 0.336 e. The summed E-state index contributed by atoms with van der Waals surface area (Å²) >= 11 is 0. The third-order valence-electron chi connectivity index (χ3n) is 9.58. The van der Waals surface area contributed by atoms with Gasteiger partial charge in [0.1, 0.15) is 6.61 Å². The molecule has 0 atom stereocenters. The number of nitrogens with zero attached hydrogens (tertiary/aromatic N) is 1. The quantitative estimate of drug-likeness (QED) is 0.0210. The van der Waals surface area contributed by atoms with Crippen LogP contribution in [0.1, 0.15) is 52.1 Å². The molecular formula is C39H40N6O12S2. The predicted molar refractivity (Wildman–Crippen MR) is 215 cm³/mol. The Morgan fingerprint density at radius 2 is 1.56 bits per heavy atom. The van der Waals surface area contributed by atoms with E-state index >= 15 is 0 Å². The molecule has 1 aliphatic carbocycles. The van der Waals surface area contributed by atoms with Crippen molar-refractivity contribution in [1.29, 1.82) is 5.41 Å². The van der Waals surface area contributed by atoms with Crippen LogP contribution in [-0.2, 0) is 43.0 Å². The number of nitrogens with two attached hydrogens (primary N) is 1. The number of carbonyl (C=O) groups excluding carboxylic acids is 2. The first kappa shape index (κ1) is 42.4. The molecule has 59 heavy (non-hydrogen) atoms. The molecule has 1 aromatic heterocycles. The van der Waals surface area contributed by atoms with E-state index in [1.165, 1.54) is 24.3 Å². The van der Waals surface area contributed by atoms with Gasteiger partial charge in [-0.05, 0) is 78.7 Å². The fourth-order valence-electron chi connectivity index (χ4n) is 6.93. The summed E-state index contributed by atoms with van der Waals surface area (Å²) in [7, 11) is -8.65. The molecule has 0 fully saturated rings. The first-order valence-electron chi connectivity index (χ1n) is 18.1. The van der Waals surface area contributed by atoms with Crippen LogP contribution in [0.2, 0.25) is 0 Å². The summed E-state index contributed by atoms with van der Waals surface area (Å²) in [5.41, 5.74) is 8.40. The minimum absolute atomic E-state index is 0.0428. The molecule has 0 radical (unpaired) electrons. The third-order valence-corrected chi connectivity index (χ3v) is 11.4. The molecule has 310 valence electrons. The number of aromatic nitrogens is 1. The maximum absolute atomic E-state index is 13.2. The highest BCUT2D eigenvalue weighted by Gasteiger charge is 2.32. The molecule has 2 amide bonds. The first-order valence-corrected chi connectivity index (χ1v) is 21.0. The van der Waals surface area contributed by atoms with E-state index < -0.39 is 69.9 Å². The zero-order valence-corrected chi connectivity index (χ0v) is 33.1. The lowest BCUT2D eigenvalue weighted by Crippen LogP contribution is -2.26. The molecule has 0 bridgehead atoms.